The Hall–Kier alpha value is -1.41. The third kappa shape index (κ3) is 2.85. The van der Waals surface area contributed by atoms with E-state index in [1.807, 2.05) is 61.5 Å². The molecule has 0 aliphatic heterocycles. The van der Waals surface area contributed by atoms with E-state index in [-0.39, 0.29) is 5.66 Å². The fraction of sp³-hybridized carbons (Fsp3) is 0.250. The smallest absolute Gasteiger partial charge is 0.312 e. The van der Waals surface area contributed by atoms with Gasteiger partial charge < -0.3 is 9.05 Å². The Morgan fingerprint density at radius 2 is 1.45 bits per heavy atom. The van der Waals surface area contributed by atoms with Crippen LogP contribution in [0.2, 0.25) is 0 Å². The van der Waals surface area contributed by atoms with Crippen LogP contribution in [0.15, 0.2) is 54.6 Å². The quantitative estimate of drug-likeness (QED) is 0.735. The number of hydrogen-bond donors (Lipinski definition) is 0. The predicted molar refractivity (Wildman–Crippen MR) is 81.9 cm³/mol. The maximum absolute atomic E-state index is 12.6. The van der Waals surface area contributed by atoms with Gasteiger partial charge in [-0.2, -0.15) is 0 Å². The standard InChI is InChI=1S/C16H19O3P/c1-13(20(17,18-2)19-3)15-11-7-8-12-16(15)14-9-5-4-6-10-14/h4-13H,1-3H3. The van der Waals surface area contributed by atoms with Crippen LogP contribution in [0.5, 0.6) is 0 Å². The zero-order valence-electron chi connectivity index (χ0n) is 11.9. The van der Waals surface area contributed by atoms with Crippen LogP contribution in [0.4, 0.5) is 0 Å². The second kappa shape index (κ2) is 6.36. The van der Waals surface area contributed by atoms with Gasteiger partial charge in [-0.15, -0.1) is 0 Å². The summed E-state index contributed by atoms with van der Waals surface area (Å²) in [6, 6.07) is 17.9. The maximum Gasteiger partial charge on any atom is 0.337 e. The molecule has 3 nitrogen and oxygen atoms in total. The van der Waals surface area contributed by atoms with Crippen LogP contribution < -0.4 is 0 Å². The number of rotatable bonds is 5. The van der Waals surface area contributed by atoms with Crippen molar-refractivity contribution in [2.45, 2.75) is 12.6 Å². The average Bonchev–Trinajstić information content (AvgIpc) is 2.54. The topological polar surface area (TPSA) is 35.5 Å². The van der Waals surface area contributed by atoms with Crippen LogP contribution in [-0.4, -0.2) is 14.2 Å². The molecule has 20 heavy (non-hydrogen) atoms. The summed E-state index contributed by atoms with van der Waals surface area (Å²) in [5, 5.41) is 0. The Bertz CT molecular complexity index is 602. The Morgan fingerprint density at radius 1 is 0.900 bits per heavy atom. The van der Waals surface area contributed by atoms with E-state index in [0.717, 1.165) is 16.7 Å². The molecule has 0 fully saturated rings. The predicted octanol–water partition coefficient (Wildman–Crippen LogP) is 4.90. The highest BCUT2D eigenvalue weighted by Crippen LogP contribution is 2.60. The van der Waals surface area contributed by atoms with Crippen molar-refractivity contribution >= 4 is 7.60 Å². The van der Waals surface area contributed by atoms with Gasteiger partial charge in [0.05, 0.1) is 5.66 Å². The van der Waals surface area contributed by atoms with E-state index in [1.165, 1.54) is 14.2 Å². The zero-order valence-corrected chi connectivity index (χ0v) is 12.8. The second-order valence-corrected chi connectivity index (χ2v) is 7.12. The molecular weight excluding hydrogens is 271 g/mol. The van der Waals surface area contributed by atoms with Crippen molar-refractivity contribution < 1.29 is 13.6 Å². The van der Waals surface area contributed by atoms with Crippen LogP contribution in [0.3, 0.4) is 0 Å². The Morgan fingerprint density at radius 3 is 2.05 bits per heavy atom. The van der Waals surface area contributed by atoms with Gasteiger partial charge in [0.1, 0.15) is 0 Å². The van der Waals surface area contributed by atoms with Crippen molar-refractivity contribution in [2.75, 3.05) is 14.2 Å². The highest BCUT2D eigenvalue weighted by Gasteiger charge is 2.32. The van der Waals surface area contributed by atoms with Crippen molar-refractivity contribution in [1.29, 1.82) is 0 Å². The molecule has 0 heterocycles. The summed E-state index contributed by atoms with van der Waals surface area (Å²) in [5.74, 6) is 0. The molecule has 0 aromatic heterocycles. The molecule has 0 radical (unpaired) electrons. The van der Waals surface area contributed by atoms with E-state index in [1.54, 1.807) is 0 Å². The summed E-state index contributed by atoms with van der Waals surface area (Å²) in [6.45, 7) is 1.87. The molecule has 0 N–H and O–H groups in total. The molecule has 1 unspecified atom stereocenters. The summed E-state index contributed by atoms with van der Waals surface area (Å²) >= 11 is 0. The summed E-state index contributed by atoms with van der Waals surface area (Å²) in [4.78, 5) is 0. The van der Waals surface area contributed by atoms with Crippen LogP contribution in [0, 0.1) is 0 Å². The van der Waals surface area contributed by atoms with E-state index >= 15 is 0 Å². The van der Waals surface area contributed by atoms with Gasteiger partial charge in [0.2, 0.25) is 0 Å². The monoisotopic (exact) mass is 290 g/mol. The number of benzene rings is 2. The maximum atomic E-state index is 12.6. The largest absolute Gasteiger partial charge is 0.337 e. The first-order chi connectivity index (χ1) is 9.62. The first-order valence-corrected chi connectivity index (χ1v) is 8.09. The average molecular weight is 290 g/mol. The molecule has 2 aromatic rings. The highest BCUT2D eigenvalue weighted by molar-refractivity contribution is 7.54. The Labute approximate surface area is 120 Å². The van der Waals surface area contributed by atoms with Gasteiger partial charge in [-0.3, -0.25) is 4.57 Å². The summed E-state index contributed by atoms with van der Waals surface area (Å²) in [7, 11) is -0.296. The first-order valence-electron chi connectivity index (χ1n) is 6.48. The van der Waals surface area contributed by atoms with E-state index < -0.39 is 7.60 Å². The lowest BCUT2D eigenvalue weighted by Gasteiger charge is -2.23. The molecule has 0 spiro atoms. The van der Waals surface area contributed by atoms with Crippen molar-refractivity contribution in [1.82, 2.24) is 0 Å². The Balaban J connectivity index is 2.51. The third-order valence-corrected chi connectivity index (χ3v) is 5.72. The lowest BCUT2D eigenvalue weighted by Crippen LogP contribution is -2.01. The van der Waals surface area contributed by atoms with E-state index in [0.29, 0.717) is 0 Å². The first kappa shape index (κ1) is 15.0. The van der Waals surface area contributed by atoms with Gasteiger partial charge >= 0.3 is 7.60 Å². The molecule has 0 aliphatic rings. The molecule has 0 saturated heterocycles. The minimum absolute atomic E-state index is 0.325. The van der Waals surface area contributed by atoms with Crippen molar-refractivity contribution in [2.24, 2.45) is 0 Å². The summed E-state index contributed by atoms with van der Waals surface area (Å²) < 4.78 is 22.8. The second-order valence-electron chi connectivity index (χ2n) is 4.53. The molecule has 106 valence electrons. The fourth-order valence-electron chi connectivity index (χ4n) is 2.30. The highest BCUT2D eigenvalue weighted by atomic mass is 31.2. The molecule has 0 bridgehead atoms. The van der Waals surface area contributed by atoms with Crippen LogP contribution >= 0.6 is 7.60 Å². The minimum Gasteiger partial charge on any atom is -0.312 e. The lowest BCUT2D eigenvalue weighted by molar-refractivity contribution is 0.267. The van der Waals surface area contributed by atoms with Crippen molar-refractivity contribution in [3.05, 3.63) is 60.2 Å². The molecule has 2 aromatic carbocycles. The third-order valence-electron chi connectivity index (χ3n) is 3.48. The van der Waals surface area contributed by atoms with Crippen LogP contribution in [0.1, 0.15) is 18.1 Å². The van der Waals surface area contributed by atoms with Crippen molar-refractivity contribution in [3.63, 3.8) is 0 Å². The van der Waals surface area contributed by atoms with Gasteiger partial charge in [-0.05, 0) is 23.6 Å². The van der Waals surface area contributed by atoms with Gasteiger partial charge in [-0.25, -0.2) is 0 Å². The summed E-state index contributed by atoms with van der Waals surface area (Å²) in [5.41, 5.74) is 2.78. The molecule has 0 saturated carbocycles. The van der Waals surface area contributed by atoms with Gasteiger partial charge in [0, 0.05) is 14.2 Å². The molecule has 2 rings (SSSR count). The SMILES string of the molecule is COP(=O)(OC)C(C)c1ccccc1-c1ccccc1. The normalized spacial score (nSPS) is 13.2. The van der Waals surface area contributed by atoms with Gasteiger partial charge in [0.25, 0.3) is 0 Å². The number of hydrogen-bond acceptors (Lipinski definition) is 3. The molecule has 4 heteroatoms. The van der Waals surface area contributed by atoms with Crippen LogP contribution in [0.25, 0.3) is 11.1 Å². The van der Waals surface area contributed by atoms with E-state index in [9.17, 15) is 4.57 Å². The molecule has 0 amide bonds. The molecule has 0 aliphatic carbocycles. The molecular formula is C16H19O3P. The van der Waals surface area contributed by atoms with Crippen molar-refractivity contribution in [3.8, 4) is 11.1 Å². The van der Waals surface area contributed by atoms with Gasteiger partial charge in [0.15, 0.2) is 0 Å². The lowest BCUT2D eigenvalue weighted by atomic mass is 9.98. The Kier molecular flexibility index (Phi) is 4.77. The molecule has 1 atom stereocenters. The minimum atomic E-state index is -3.14. The fourth-order valence-corrected chi connectivity index (χ4v) is 3.65. The van der Waals surface area contributed by atoms with E-state index in [4.69, 9.17) is 9.05 Å². The van der Waals surface area contributed by atoms with Gasteiger partial charge in [-0.1, -0.05) is 54.6 Å². The summed E-state index contributed by atoms with van der Waals surface area (Å²) in [6.07, 6.45) is 0. The van der Waals surface area contributed by atoms with E-state index in [2.05, 4.69) is 0 Å². The zero-order chi connectivity index (χ0) is 14.6. The van der Waals surface area contributed by atoms with Crippen LogP contribution in [-0.2, 0) is 13.6 Å².